The molecule has 0 aliphatic carbocycles. The lowest BCUT2D eigenvalue weighted by molar-refractivity contribution is -0.118. The Morgan fingerprint density at radius 3 is 2.25 bits per heavy atom. The molecule has 4 aromatic rings. The molecule has 1 unspecified atom stereocenters. The molecule has 0 saturated heterocycles. The second-order valence-electron chi connectivity index (χ2n) is 7.70. The van der Waals surface area contributed by atoms with Crippen LogP contribution in [0.5, 0.6) is 5.75 Å². The third-order valence-corrected chi connectivity index (χ3v) is 6.55. The molecule has 0 aliphatic rings. The number of ether oxygens (including phenoxy) is 1. The quantitative estimate of drug-likeness (QED) is 0.234. The lowest BCUT2D eigenvalue weighted by Gasteiger charge is -2.18. The SMILES string of the molecule is O=C(COc1ccccc1)Nc1cccc(SC(C(=O)Nc2ccc(F)c(Cl)c2)c2ccccc2)c1. The van der Waals surface area contributed by atoms with Gasteiger partial charge in [-0.2, -0.15) is 0 Å². The highest BCUT2D eigenvalue weighted by molar-refractivity contribution is 8.00. The lowest BCUT2D eigenvalue weighted by atomic mass is 10.1. The summed E-state index contributed by atoms with van der Waals surface area (Å²) in [4.78, 5) is 26.4. The maximum atomic E-state index is 13.5. The smallest absolute Gasteiger partial charge is 0.262 e. The van der Waals surface area contributed by atoms with E-state index in [0.717, 1.165) is 10.5 Å². The molecule has 182 valence electrons. The van der Waals surface area contributed by atoms with Crippen molar-refractivity contribution in [1.82, 2.24) is 0 Å². The first-order valence-corrected chi connectivity index (χ1v) is 12.3. The van der Waals surface area contributed by atoms with E-state index in [1.165, 1.54) is 30.0 Å². The van der Waals surface area contributed by atoms with Crippen molar-refractivity contribution in [2.24, 2.45) is 0 Å². The molecule has 0 bridgehead atoms. The van der Waals surface area contributed by atoms with Gasteiger partial charge in [-0.05, 0) is 54.1 Å². The van der Waals surface area contributed by atoms with Crippen molar-refractivity contribution in [2.45, 2.75) is 10.1 Å². The zero-order chi connectivity index (χ0) is 25.3. The van der Waals surface area contributed by atoms with Crippen molar-refractivity contribution in [3.05, 3.63) is 120 Å². The first-order valence-electron chi connectivity index (χ1n) is 11.0. The summed E-state index contributed by atoms with van der Waals surface area (Å²) in [6.45, 7) is -0.128. The highest BCUT2D eigenvalue weighted by Crippen LogP contribution is 2.37. The van der Waals surface area contributed by atoms with Crippen molar-refractivity contribution in [1.29, 1.82) is 0 Å². The second kappa shape index (κ2) is 12.2. The van der Waals surface area contributed by atoms with Crippen LogP contribution in [0.4, 0.5) is 15.8 Å². The summed E-state index contributed by atoms with van der Waals surface area (Å²) in [7, 11) is 0. The van der Waals surface area contributed by atoms with E-state index in [1.807, 2.05) is 54.6 Å². The molecule has 0 fully saturated rings. The Hall–Kier alpha value is -3.81. The average Bonchev–Trinajstić information content (AvgIpc) is 2.89. The van der Waals surface area contributed by atoms with Gasteiger partial charge in [0.25, 0.3) is 5.91 Å². The normalized spacial score (nSPS) is 11.4. The van der Waals surface area contributed by atoms with E-state index in [2.05, 4.69) is 10.6 Å². The van der Waals surface area contributed by atoms with Crippen molar-refractivity contribution >= 4 is 46.6 Å². The van der Waals surface area contributed by atoms with Crippen molar-refractivity contribution < 1.29 is 18.7 Å². The van der Waals surface area contributed by atoms with Crippen LogP contribution in [0.2, 0.25) is 5.02 Å². The van der Waals surface area contributed by atoms with Crippen molar-refractivity contribution in [3.8, 4) is 5.75 Å². The summed E-state index contributed by atoms with van der Waals surface area (Å²) in [5.74, 6) is -0.543. The maximum absolute atomic E-state index is 13.5. The van der Waals surface area contributed by atoms with E-state index < -0.39 is 11.1 Å². The Balaban J connectivity index is 1.46. The summed E-state index contributed by atoms with van der Waals surface area (Å²) in [6.07, 6.45) is 0. The molecule has 0 aromatic heterocycles. The summed E-state index contributed by atoms with van der Waals surface area (Å²) >= 11 is 7.19. The summed E-state index contributed by atoms with van der Waals surface area (Å²) in [5, 5.41) is 4.95. The maximum Gasteiger partial charge on any atom is 0.262 e. The van der Waals surface area contributed by atoms with Crippen LogP contribution in [0.3, 0.4) is 0 Å². The Morgan fingerprint density at radius 1 is 0.833 bits per heavy atom. The van der Waals surface area contributed by atoms with Gasteiger partial charge in [0.15, 0.2) is 6.61 Å². The van der Waals surface area contributed by atoms with Gasteiger partial charge in [0, 0.05) is 16.3 Å². The van der Waals surface area contributed by atoms with E-state index >= 15 is 0 Å². The van der Waals surface area contributed by atoms with Gasteiger partial charge in [0.1, 0.15) is 16.8 Å². The molecule has 4 rings (SSSR count). The number of hydrogen-bond acceptors (Lipinski definition) is 4. The van der Waals surface area contributed by atoms with E-state index in [4.69, 9.17) is 16.3 Å². The highest BCUT2D eigenvalue weighted by atomic mass is 35.5. The van der Waals surface area contributed by atoms with Gasteiger partial charge in [-0.3, -0.25) is 9.59 Å². The topological polar surface area (TPSA) is 67.4 Å². The average molecular weight is 521 g/mol. The first-order chi connectivity index (χ1) is 17.5. The zero-order valence-electron chi connectivity index (χ0n) is 19.0. The van der Waals surface area contributed by atoms with E-state index in [-0.39, 0.29) is 23.4 Å². The van der Waals surface area contributed by atoms with Gasteiger partial charge in [-0.1, -0.05) is 66.2 Å². The molecule has 4 aromatic carbocycles. The van der Waals surface area contributed by atoms with Gasteiger partial charge in [0.2, 0.25) is 5.91 Å². The monoisotopic (exact) mass is 520 g/mol. The molecular formula is C28H22ClFN2O3S. The van der Waals surface area contributed by atoms with Crippen LogP contribution in [0.15, 0.2) is 108 Å². The number of thioether (sulfide) groups is 1. The fourth-order valence-corrected chi connectivity index (χ4v) is 4.59. The lowest BCUT2D eigenvalue weighted by Crippen LogP contribution is -2.20. The van der Waals surface area contributed by atoms with Crippen LogP contribution in [-0.4, -0.2) is 18.4 Å². The van der Waals surface area contributed by atoms with Crippen molar-refractivity contribution in [2.75, 3.05) is 17.2 Å². The predicted molar refractivity (Wildman–Crippen MR) is 142 cm³/mol. The van der Waals surface area contributed by atoms with Crippen LogP contribution in [0.25, 0.3) is 0 Å². The van der Waals surface area contributed by atoms with Gasteiger partial charge in [-0.25, -0.2) is 4.39 Å². The predicted octanol–water partition coefficient (Wildman–Crippen LogP) is 6.97. The Labute approximate surface area is 217 Å². The van der Waals surface area contributed by atoms with E-state index in [9.17, 15) is 14.0 Å². The summed E-state index contributed by atoms with van der Waals surface area (Å²) in [6, 6.07) is 29.6. The third kappa shape index (κ3) is 7.10. The third-order valence-electron chi connectivity index (χ3n) is 5.01. The summed E-state index contributed by atoms with van der Waals surface area (Å²) < 4.78 is 19.0. The van der Waals surface area contributed by atoms with Crippen LogP contribution in [0.1, 0.15) is 10.8 Å². The van der Waals surface area contributed by atoms with Crippen LogP contribution in [-0.2, 0) is 9.59 Å². The minimum absolute atomic E-state index is 0.0728. The molecule has 0 heterocycles. The minimum Gasteiger partial charge on any atom is -0.484 e. The molecule has 0 spiro atoms. The van der Waals surface area contributed by atoms with E-state index in [0.29, 0.717) is 17.1 Å². The van der Waals surface area contributed by atoms with Crippen LogP contribution < -0.4 is 15.4 Å². The van der Waals surface area contributed by atoms with E-state index in [1.54, 1.807) is 30.3 Å². The molecule has 1 atom stereocenters. The number of benzene rings is 4. The molecule has 0 radical (unpaired) electrons. The standard InChI is InChI=1S/C28H22ClFN2O3S/c29-24-17-21(14-15-25(24)30)32-28(34)27(19-8-3-1-4-9-19)36-23-13-7-10-20(16-23)31-26(33)18-35-22-11-5-2-6-12-22/h1-17,27H,18H2,(H,31,33)(H,32,34). The highest BCUT2D eigenvalue weighted by Gasteiger charge is 2.23. The zero-order valence-corrected chi connectivity index (χ0v) is 20.6. The first kappa shape index (κ1) is 25.3. The number of amides is 2. The van der Waals surface area contributed by atoms with Gasteiger partial charge < -0.3 is 15.4 Å². The minimum atomic E-state index is -0.609. The molecule has 0 aliphatic heterocycles. The number of para-hydroxylation sites is 1. The second-order valence-corrected chi connectivity index (χ2v) is 9.29. The van der Waals surface area contributed by atoms with Gasteiger partial charge >= 0.3 is 0 Å². The number of rotatable bonds is 9. The van der Waals surface area contributed by atoms with Gasteiger partial charge in [0.05, 0.1) is 5.02 Å². The fourth-order valence-electron chi connectivity index (χ4n) is 3.33. The molecule has 36 heavy (non-hydrogen) atoms. The van der Waals surface area contributed by atoms with Gasteiger partial charge in [-0.15, -0.1) is 11.8 Å². The molecular weight excluding hydrogens is 499 g/mol. The molecule has 5 nitrogen and oxygen atoms in total. The number of hydrogen-bond donors (Lipinski definition) is 2. The number of anilines is 2. The fraction of sp³-hybridized carbons (Fsp3) is 0.0714. The number of halogens is 2. The number of carbonyl (C=O) groups is 2. The van der Waals surface area contributed by atoms with Crippen molar-refractivity contribution in [3.63, 3.8) is 0 Å². The molecule has 2 amide bonds. The number of nitrogens with one attached hydrogen (secondary N) is 2. The molecule has 2 N–H and O–H groups in total. The molecule has 0 saturated carbocycles. The molecule has 8 heteroatoms. The Morgan fingerprint density at radius 2 is 1.53 bits per heavy atom. The Bertz CT molecular complexity index is 1340. The van der Waals surface area contributed by atoms with Crippen LogP contribution >= 0.6 is 23.4 Å². The Kier molecular flexibility index (Phi) is 8.60. The number of carbonyl (C=O) groups excluding carboxylic acids is 2. The van der Waals surface area contributed by atoms with Crippen LogP contribution in [0, 0.1) is 5.82 Å². The largest absolute Gasteiger partial charge is 0.484 e. The summed E-state index contributed by atoms with van der Waals surface area (Å²) in [5.41, 5.74) is 1.77.